The quantitative estimate of drug-likeness (QED) is 0.304. The molecule has 0 atom stereocenters. The first kappa shape index (κ1) is 16.4. The molecule has 0 unspecified atom stereocenters. The van der Waals surface area contributed by atoms with Gasteiger partial charge < -0.3 is 9.47 Å². The molecule has 126 valence electrons. The Balaban J connectivity index is 2.07. The minimum Gasteiger partial charge on any atom is -0.493 e. The average molecular weight is 338 g/mol. The Labute approximate surface area is 143 Å². The van der Waals surface area contributed by atoms with Gasteiger partial charge >= 0.3 is 11.7 Å². The van der Waals surface area contributed by atoms with Gasteiger partial charge in [-0.3, -0.25) is 15.1 Å². The van der Waals surface area contributed by atoms with E-state index in [9.17, 15) is 14.9 Å². The highest BCUT2D eigenvalue weighted by Crippen LogP contribution is 2.35. The molecule has 0 aliphatic heterocycles. The number of nitro groups is 1. The van der Waals surface area contributed by atoms with Gasteiger partial charge in [0, 0.05) is 17.6 Å². The molecule has 0 N–H and O–H groups in total. The Morgan fingerprint density at radius 1 is 1.16 bits per heavy atom. The number of para-hydroxylation sites is 1. The lowest BCUT2D eigenvalue weighted by atomic mass is 10.1. The van der Waals surface area contributed by atoms with Crippen LogP contribution in [0.3, 0.4) is 0 Å². The van der Waals surface area contributed by atoms with Crippen LogP contribution in [0.15, 0.2) is 54.7 Å². The van der Waals surface area contributed by atoms with E-state index in [1.165, 1.54) is 18.3 Å². The van der Waals surface area contributed by atoms with E-state index in [1.807, 2.05) is 0 Å². The SMILES string of the molecule is CCOc1ccccc1C(=O)Oc1c([N+](=O)[O-])ccc2cccnc12. The lowest BCUT2D eigenvalue weighted by Gasteiger charge is -2.11. The van der Waals surface area contributed by atoms with Gasteiger partial charge in [0.15, 0.2) is 0 Å². The Kier molecular flexibility index (Phi) is 4.56. The van der Waals surface area contributed by atoms with Crippen LogP contribution in [0.25, 0.3) is 10.9 Å². The second-order valence-electron chi connectivity index (χ2n) is 5.06. The van der Waals surface area contributed by atoms with Gasteiger partial charge in [-0.05, 0) is 31.2 Å². The molecule has 0 fully saturated rings. The van der Waals surface area contributed by atoms with Crippen LogP contribution in [0.4, 0.5) is 5.69 Å². The molecule has 0 spiro atoms. The van der Waals surface area contributed by atoms with Crippen molar-refractivity contribution in [1.29, 1.82) is 0 Å². The summed E-state index contributed by atoms with van der Waals surface area (Å²) in [5.41, 5.74) is 0.110. The van der Waals surface area contributed by atoms with Crippen molar-refractivity contribution < 1.29 is 19.2 Å². The zero-order valence-electron chi connectivity index (χ0n) is 13.3. The van der Waals surface area contributed by atoms with Crippen molar-refractivity contribution in [2.75, 3.05) is 6.61 Å². The van der Waals surface area contributed by atoms with Crippen LogP contribution >= 0.6 is 0 Å². The van der Waals surface area contributed by atoms with Crippen LogP contribution in [0.2, 0.25) is 0 Å². The number of pyridine rings is 1. The predicted molar refractivity (Wildman–Crippen MR) is 91.0 cm³/mol. The van der Waals surface area contributed by atoms with Crippen molar-refractivity contribution >= 4 is 22.6 Å². The van der Waals surface area contributed by atoms with E-state index >= 15 is 0 Å². The summed E-state index contributed by atoms with van der Waals surface area (Å²) in [5.74, 6) is -0.574. The van der Waals surface area contributed by atoms with E-state index in [0.29, 0.717) is 17.7 Å². The maximum absolute atomic E-state index is 12.6. The molecule has 0 amide bonds. The predicted octanol–water partition coefficient (Wildman–Crippen LogP) is 3.76. The molecule has 7 heteroatoms. The number of nitro benzene ring substituents is 1. The van der Waals surface area contributed by atoms with Crippen molar-refractivity contribution in [3.63, 3.8) is 0 Å². The number of fused-ring (bicyclic) bond motifs is 1. The topological polar surface area (TPSA) is 91.6 Å². The summed E-state index contributed by atoms with van der Waals surface area (Å²) >= 11 is 0. The lowest BCUT2D eigenvalue weighted by molar-refractivity contribution is -0.385. The maximum atomic E-state index is 12.6. The van der Waals surface area contributed by atoms with E-state index < -0.39 is 10.9 Å². The van der Waals surface area contributed by atoms with Gasteiger partial charge in [-0.1, -0.05) is 18.2 Å². The largest absolute Gasteiger partial charge is 0.493 e. The number of benzene rings is 2. The van der Waals surface area contributed by atoms with Crippen LogP contribution in [0, 0.1) is 10.1 Å². The molecular formula is C18H14N2O5. The molecule has 1 aromatic heterocycles. The molecule has 25 heavy (non-hydrogen) atoms. The van der Waals surface area contributed by atoms with Gasteiger partial charge in [0.25, 0.3) is 0 Å². The summed E-state index contributed by atoms with van der Waals surface area (Å²) in [6.45, 7) is 2.17. The van der Waals surface area contributed by atoms with Gasteiger partial charge in [0.05, 0.1) is 11.5 Å². The zero-order chi connectivity index (χ0) is 17.8. The molecular weight excluding hydrogens is 324 g/mol. The van der Waals surface area contributed by atoms with Gasteiger partial charge in [0.2, 0.25) is 5.75 Å². The zero-order valence-corrected chi connectivity index (χ0v) is 13.3. The summed E-state index contributed by atoms with van der Waals surface area (Å²) in [6.07, 6.45) is 1.48. The summed E-state index contributed by atoms with van der Waals surface area (Å²) in [7, 11) is 0. The smallest absolute Gasteiger partial charge is 0.347 e. The van der Waals surface area contributed by atoms with Crippen LogP contribution in [-0.2, 0) is 0 Å². The van der Waals surface area contributed by atoms with E-state index in [0.717, 1.165) is 0 Å². The number of carbonyl (C=O) groups is 1. The molecule has 0 aliphatic carbocycles. The van der Waals surface area contributed by atoms with Gasteiger partial charge in [-0.2, -0.15) is 0 Å². The van der Waals surface area contributed by atoms with Crippen LogP contribution in [0.5, 0.6) is 11.5 Å². The number of ether oxygens (including phenoxy) is 2. The molecule has 1 heterocycles. The maximum Gasteiger partial charge on any atom is 0.347 e. The van der Waals surface area contributed by atoms with Crippen molar-refractivity contribution in [1.82, 2.24) is 4.98 Å². The second-order valence-corrected chi connectivity index (χ2v) is 5.06. The third-order valence-electron chi connectivity index (χ3n) is 3.51. The number of rotatable bonds is 5. The van der Waals surface area contributed by atoms with Crippen LogP contribution in [0.1, 0.15) is 17.3 Å². The monoisotopic (exact) mass is 338 g/mol. The van der Waals surface area contributed by atoms with Gasteiger partial charge in [-0.15, -0.1) is 0 Å². The number of aromatic nitrogens is 1. The van der Waals surface area contributed by atoms with Crippen LogP contribution in [-0.4, -0.2) is 22.5 Å². The van der Waals surface area contributed by atoms with Gasteiger partial charge in [-0.25, -0.2) is 4.79 Å². The number of esters is 1. The first-order valence-electron chi connectivity index (χ1n) is 7.58. The summed E-state index contributed by atoms with van der Waals surface area (Å²) in [5, 5.41) is 11.9. The highest BCUT2D eigenvalue weighted by Gasteiger charge is 2.24. The summed E-state index contributed by atoms with van der Waals surface area (Å²) < 4.78 is 10.8. The molecule has 2 aromatic carbocycles. The standard InChI is InChI=1S/C18H14N2O5/c1-2-24-15-8-4-3-7-13(15)18(21)25-17-14(20(22)23)10-9-12-6-5-11-19-16(12)17/h3-11H,2H2,1H3. The van der Waals surface area contributed by atoms with Crippen molar-refractivity contribution in [2.45, 2.75) is 6.92 Å². The fourth-order valence-corrected chi connectivity index (χ4v) is 2.42. The Bertz CT molecular complexity index is 955. The minimum atomic E-state index is -0.745. The highest BCUT2D eigenvalue weighted by molar-refractivity contribution is 5.97. The third-order valence-corrected chi connectivity index (χ3v) is 3.51. The number of nitrogens with zero attached hydrogens (tertiary/aromatic N) is 2. The summed E-state index contributed by atoms with van der Waals surface area (Å²) in [4.78, 5) is 27.4. The number of carbonyl (C=O) groups excluding carboxylic acids is 1. The molecule has 0 radical (unpaired) electrons. The molecule has 0 bridgehead atoms. The number of hydrogen-bond acceptors (Lipinski definition) is 6. The molecule has 0 aliphatic rings. The van der Waals surface area contributed by atoms with E-state index in [4.69, 9.17) is 9.47 Å². The van der Waals surface area contributed by atoms with Crippen molar-refractivity contribution in [2.24, 2.45) is 0 Å². The Morgan fingerprint density at radius 3 is 2.72 bits per heavy atom. The molecule has 7 nitrogen and oxygen atoms in total. The Morgan fingerprint density at radius 2 is 1.96 bits per heavy atom. The summed E-state index contributed by atoms with van der Waals surface area (Å²) in [6, 6.07) is 12.8. The minimum absolute atomic E-state index is 0.181. The number of hydrogen-bond donors (Lipinski definition) is 0. The second kappa shape index (κ2) is 6.96. The van der Waals surface area contributed by atoms with Gasteiger partial charge in [0.1, 0.15) is 16.8 Å². The third kappa shape index (κ3) is 3.25. The normalized spacial score (nSPS) is 10.4. The van der Waals surface area contributed by atoms with Crippen LogP contribution < -0.4 is 9.47 Å². The fourth-order valence-electron chi connectivity index (χ4n) is 2.42. The van der Waals surface area contributed by atoms with Crippen molar-refractivity contribution in [3.05, 3.63) is 70.4 Å². The lowest BCUT2D eigenvalue weighted by Crippen LogP contribution is -2.12. The molecule has 3 rings (SSSR count). The van der Waals surface area contributed by atoms with E-state index in [2.05, 4.69) is 4.98 Å². The fraction of sp³-hybridized carbons (Fsp3) is 0.111. The van der Waals surface area contributed by atoms with Crippen molar-refractivity contribution in [3.8, 4) is 11.5 Å². The molecule has 3 aromatic rings. The first-order chi connectivity index (χ1) is 12.1. The Hall–Kier alpha value is -3.48. The average Bonchev–Trinajstić information content (AvgIpc) is 2.62. The van der Waals surface area contributed by atoms with E-state index in [1.54, 1.807) is 43.3 Å². The highest BCUT2D eigenvalue weighted by atomic mass is 16.6. The molecule has 0 saturated carbocycles. The van der Waals surface area contributed by atoms with E-state index in [-0.39, 0.29) is 22.5 Å². The first-order valence-corrected chi connectivity index (χ1v) is 7.58. The molecule has 0 saturated heterocycles.